The molecule has 0 heterocycles. The van der Waals surface area contributed by atoms with E-state index in [1.54, 1.807) is 0 Å². The molecule has 0 fully saturated rings. The summed E-state index contributed by atoms with van der Waals surface area (Å²) in [6, 6.07) is -0.504. The van der Waals surface area contributed by atoms with Crippen LogP contribution in [0.5, 0.6) is 0 Å². The van der Waals surface area contributed by atoms with Gasteiger partial charge < -0.3 is 0 Å². The number of hydrogen-bond donors (Lipinski definition) is 0. The smallest absolute Gasteiger partial charge is 0.238 e. The van der Waals surface area contributed by atoms with E-state index in [0.29, 0.717) is 10.8 Å². The van der Waals surface area contributed by atoms with E-state index in [4.69, 9.17) is 0 Å². The second kappa shape index (κ2) is 3.70. The van der Waals surface area contributed by atoms with E-state index in [-0.39, 0.29) is 0 Å². The van der Waals surface area contributed by atoms with Crippen LogP contribution in [0.25, 0.3) is 0 Å². The van der Waals surface area contributed by atoms with E-state index in [1.165, 1.54) is 0 Å². The van der Waals surface area contributed by atoms with E-state index in [0.717, 1.165) is 0 Å². The van der Waals surface area contributed by atoms with Crippen molar-refractivity contribution in [2.45, 2.75) is 12.5 Å². The maximum absolute atomic E-state index is 11.4. The summed E-state index contributed by atoms with van der Waals surface area (Å²) in [6.45, 7) is 0. The van der Waals surface area contributed by atoms with E-state index in [9.17, 15) is 12.3 Å². The molecule has 0 aliphatic rings. The van der Waals surface area contributed by atoms with Crippen molar-refractivity contribution in [3.05, 3.63) is 0 Å². The molecule has 0 aromatic carbocycles. The molecular formula is C3H6F3ISi. The van der Waals surface area contributed by atoms with Gasteiger partial charge in [-0.05, 0) is 10.8 Å². The van der Waals surface area contributed by atoms with Gasteiger partial charge >= 0.3 is 9.08 Å². The first-order chi connectivity index (χ1) is 3.56. The van der Waals surface area contributed by atoms with E-state index in [2.05, 4.69) is 0 Å². The Balaban J connectivity index is 3.11. The van der Waals surface area contributed by atoms with Crippen LogP contribution in [-0.2, 0) is 0 Å². The first kappa shape index (κ1) is 8.74. The maximum atomic E-state index is 11.4. The lowest BCUT2D eigenvalue weighted by molar-refractivity contribution is 0.467. The van der Waals surface area contributed by atoms with Gasteiger partial charge in [0.2, 0.25) is 0 Å². The summed E-state index contributed by atoms with van der Waals surface area (Å²) in [6.07, 6.45) is 0.302. The average molecular weight is 254 g/mol. The maximum Gasteiger partial charge on any atom is 0.616 e. The molecule has 8 heavy (non-hydrogen) atoms. The SMILES string of the molecule is F[Si](F)(F)CCCI. The van der Waals surface area contributed by atoms with Crippen LogP contribution in [0, 0.1) is 0 Å². The minimum absolute atomic E-state index is 0.302. The molecule has 5 heteroatoms. The van der Waals surface area contributed by atoms with Crippen molar-refractivity contribution in [1.29, 1.82) is 0 Å². The zero-order valence-electron chi connectivity index (χ0n) is 4.13. The van der Waals surface area contributed by atoms with Gasteiger partial charge in [-0.15, -0.1) is 0 Å². The van der Waals surface area contributed by atoms with Crippen LogP contribution in [-0.4, -0.2) is 13.5 Å². The van der Waals surface area contributed by atoms with Crippen LogP contribution in [0.3, 0.4) is 0 Å². The van der Waals surface area contributed by atoms with Crippen LogP contribution in [0.2, 0.25) is 6.04 Å². The monoisotopic (exact) mass is 254 g/mol. The summed E-state index contributed by atoms with van der Waals surface area (Å²) in [4.78, 5) is 0. The Bertz CT molecular complexity index is 62.0. The van der Waals surface area contributed by atoms with Gasteiger partial charge in [0.25, 0.3) is 0 Å². The van der Waals surface area contributed by atoms with Crippen molar-refractivity contribution in [1.82, 2.24) is 0 Å². The Morgan fingerprint density at radius 3 is 1.88 bits per heavy atom. The molecule has 0 saturated carbocycles. The standard InChI is InChI=1S/C3H6F3ISi/c4-8(5,6)3-1-2-7/h1-3H2. The molecule has 0 aliphatic heterocycles. The van der Waals surface area contributed by atoms with Crippen molar-refractivity contribution in [3.63, 3.8) is 0 Å². The molecule has 0 aromatic rings. The van der Waals surface area contributed by atoms with Gasteiger partial charge in [-0.2, -0.15) is 0 Å². The van der Waals surface area contributed by atoms with Gasteiger partial charge in [-0.25, -0.2) is 12.3 Å². The first-order valence-corrected chi connectivity index (χ1v) is 5.55. The van der Waals surface area contributed by atoms with Crippen molar-refractivity contribution in [3.8, 4) is 0 Å². The highest BCUT2D eigenvalue weighted by Crippen LogP contribution is 2.16. The van der Waals surface area contributed by atoms with Gasteiger partial charge in [-0.3, -0.25) is 0 Å². The van der Waals surface area contributed by atoms with Crippen LogP contribution >= 0.6 is 22.6 Å². The highest BCUT2D eigenvalue weighted by molar-refractivity contribution is 14.1. The first-order valence-electron chi connectivity index (χ1n) is 2.19. The van der Waals surface area contributed by atoms with Crippen molar-refractivity contribution in [2.24, 2.45) is 0 Å². The zero-order chi connectivity index (χ0) is 6.62. The molecule has 0 unspecified atom stereocenters. The minimum Gasteiger partial charge on any atom is -0.238 e. The van der Waals surface area contributed by atoms with E-state index < -0.39 is 15.1 Å². The molecule has 0 atom stereocenters. The third kappa shape index (κ3) is 6.74. The van der Waals surface area contributed by atoms with E-state index >= 15 is 0 Å². The lowest BCUT2D eigenvalue weighted by Crippen LogP contribution is -2.13. The van der Waals surface area contributed by atoms with Gasteiger partial charge in [-0.1, -0.05) is 22.6 Å². The van der Waals surface area contributed by atoms with Crippen LogP contribution in [0.15, 0.2) is 0 Å². The van der Waals surface area contributed by atoms with Gasteiger partial charge in [0.15, 0.2) is 0 Å². The summed E-state index contributed by atoms with van der Waals surface area (Å²) in [5.74, 6) is 0. The molecule has 0 rings (SSSR count). The Hall–Kier alpha value is 0.737. The Labute approximate surface area is 61.1 Å². The lowest BCUT2D eigenvalue weighted by Gasteiger charge is -1.96. The largest absolute Gasteiger partial charge is 0.616 e. The molecule has 0 radical (unpaired) electrons. The summed E-state index contributed by atoms with van der Waals surface area (Å²) < 4.78 is 34.7. The second-order valence-corrected chi connectivity index (χ2v) is 4.22. The zero-order valence-corrected chi connectivity index (χ0v) is 7.29. The molecule has 0 bridgehead atoms. The number of hydrogen-bond acceptors (Lipinski definition) is 0. The number of rotatable bonds is 3. The number of halogens is 4. The van der Waals surface area contributed by atoms with Crippen LogP contribution in [0.4, 0.5) is 12.3 Å². The Morgan fingerprint density at radius 1 is 1.25 bits per heavy atom. The fourth-order valence-corrected chi connectivity index (χ4v) is 1.95. The highest BCUT2D eigenvalue weighted by Gasteiger charge is 2.34. The lowest BCUT2D eigenvalue weighted by atomic mass is 10.6. The summed E-state index contributed by atoms with van der Waals surface area (Å²) in [5.41, 5.74) is 0. The van der Waals surface area contributed by atoms with Crippen molar-refractivity contribution < 1.29 is 12.3 Å². The molecular weight excluding hydrogens is 248 g/mol. The molecule has 0 saturated heterocycles. The normalized spacial score (nSPS) is 12.0. The topological polar surface area (TPSA) is 0 Å². The molecule has 50 valence electrons. The van der Waals surface area contributed by atoms with Gasteiger partial charge in [0.1, 0.15) is 0 Å². The molecule has 0 amide bonds. The van der Waals surface area contributed by atoms with Gasteiger partial charge in [0, 0.05) is 6.04 Å². The summed E-state index contributed by atoms with van der Waals surface area (Å²) >= 11 is 1.95. The van der Waals surface area contributed by atoms with Crippen LogP contribution in [0.1, 0.15) is 6.42 Å². The Kier molecular flexibility index (Phi) is 4.04. The fraction of sp³-hybridized carbons (Fsp3) is 1.00. The predicted molar refractivity (Wildman–Crippen MR) is 37.4 cm³/mol. The van der Waals surface area contributed by atoms with Gasteiger partial charge in [0.05, 0.1) is 0 Å². The quantitative estimate of drug-likeness (QED) is 0.314. The minimum atomic E-state index is -5.18. The summed E-state index contributed by atoms with van der Waals surface area (Å²) in [7, 11) is -5.18. The fourth-order valence-electron chi connectivity index (χ4n) is 0.267. The second-order valence-electron chi connectivity index (χ2n) is 1.41. The molecule has 0 N–H and O–H groups in total. The molecule has 0 aliphatic carbocycles. The summed E-state index contributed by atoms with van der Waals surface area (Å²) in [5, 5.41) is 0. The van der Waals surface area contributed by atoms with Crippen LogP contribution < -0.4 is 0 Å². The van der Waals surface area contributed by atoms with Crippen molar-refractivity contribution >= 4 is 31.7 Å². The molecule has 0 spiro atoms. The number of alkyl halides is 1. The molecule has 0 nitrogen and oxygen atoms in total. The highest BCUT2D eigenvalue weighted by atomic mass is 127. The average Bonchev–Trinajstić information content (AvgIpc) is 1.59. The molecule has 0 aromatic heterocycles. The van der Waals surface area contributed by atoms with Crippen molar-refractivity contribution in [2.75, 3.05) is 4.43 Å². The Morgan fingerprint density at radius 2 is 1.75 bits per heavy atom. The predicted octanol–water partition coefficient (Wildman–Crippen LogP) is 2.66. The van der Waals surface area contributed by atoms with E-state index in [1.807, 2.05) is 22.6 Å². The third-order valence-corrected chi connectivity index (χ3v) is 2.28. The third-order valence-electron chi connectivity index (χ3n) is 0.594.